The van der Waals surface area contributed by atoms with Crippen molar-refractivity contribution in [2.24, 2.45) is 0 Å². The third-order valence-electron chi connectivity index (χ3n) is 4.95. The fourth-order valence-corrected chi connectivity index (χ4v) is 4.24. The van der Waals surface area contributed by atoms with Crippen LogP contribution in [-0.2, 0) is 0 Å². The normalized spacial score (nSPS) is 26.5. The summed E-state index contributed by atoms with van der Waals surface area (Å²) in [6, 6.07) is 6.68. The number of carbonyl (C=O) groups is 1. The minimum atomic E-state index is -0.473. The van der Waals surface area contributed by atoms with Gasteiger partial charge in [-0.2, -0.15) is 5.10 Å². The maximum absolute atomic E-state index is 13.5. The van der Waals surface area contributed by atoms with Crippen LogP contribution >= 0.6 is 11.6 Å². The van der Waals surface area contributed by atoms with Crippen LogP contribution in [0.3, 0.4) is 0 Å². The number of aromatic nitrogens is 2. The maximum atomic E-state index is 13.5. The predicted molar refractivity (Wildman–Crippen MR) is 84.9 cm³/mol. The van der Waals surface area contributed by atoms with E-state index in [-0.39, 0.29) is 23.0 Å². The van der Waals surface area contributed by atoms with Gasteiger partial charge >= 0.3 is 0 Å². The lowest BCUT2D eigenvalue weighted by Gasteiger charge is -2.39. The molecule has 120 valence electrons. The van der Waals surface area contributed by atoms with Crippen LogP contribution in [0.5, 0.6) is 0 Å². The van der Waals surface area contributed by atoms with Crippen molar-refractivity contribution in [1.29, 1.82) is 0 Å². The molecule has 2 aliphatic rings. The maximum Gasteiger partial charge on any atom is 0.254 e. The number of halogens is 2. The molecule has 2 aliphatic heterocycles. The van der Waals surface area contributed by atoms with Gasteiger partial charge in [-0.1, -0.05) is 11.6 Å². The van der Waals surface area contributed by atoms with Crippen molar-refractivity contribution >= 4 is 17.5 Å². The zero-order valence-electron chi connectivity index (χ0n) is 12.5. The van der Waals surface area contributed by atoms with Gasteiger partial charge in [0.15, 0.2) is 0 Å². The lowest BCUT2D eigenvalue weighted by molar-refractivity contribution is 0.0524. The summed E-state index contributed by atoms with van der Waals surface area (Å²) in [7, 11) is 0. The minimum Gasteiger partial charge on any atom is -0.333 e. The minimum absolute atomic E-state index is 0.113. The van der Waals surface area contributed by atoms with Crippen molar-refractivity contribution in [1.82, 2.24) is 14.7 Å². The van der Waals surface area contributed by atoms with E-state index in [1.807, 2.05) is 21.8 Å². The van der Waals surface area contributed by atoms with Crippen LogP contribution < -0.4 is 0 Å². The highest BCUT2D eigenvalue weighted by Gasteiger charge is 2.44. The summed E-state index contributed by atoms with van der Waals surface area (Å²) in [6.45, 7) is 0. The Labute approximate surface area is 138 Å². The largest absolute Gasteiger partial charge is 0.333 e. The first-order valence-corrected chi connectivity index (χ1v) is 8.27. The van der Waals surface area contributed by atoms with E-state index in [9.17, 15) is 9.18 Å². The molecule has 2 fully saturated rings. The molecule has 6 heteroatoms. The van der Waals surface area contributed by atoms with Crippen molar-refractivity contribution in [3.8, 4) is 0 Å². The predicted octanol–water partition coefficient (Wildman–Crippen LogP) is 3.68. The highest BCUT2D eigenvalue weighted by molar-refractivity contribution is 6.31. The second-order valence-corrected chi connectivity index (χ2v) is 6.80. The quantitative estimate of drug-likeness (QED) is 0.840. The van der Waals surface area contributed by atoms with Crippen LogP contribution in [0.25, 0.3) is 0 Å². The Morgan fingerprint density at radius 1 is 1.17 bits per heavy atom. The van der Waals surface area contributed by atoms with Crippen molar-refractivity contribution in [3.05, 3.63) is 53.1 Å². The summed E-state index contributed by atoms with van der Waals surface area (Å²) in [6.07, 6.45) is 7.55. The van der Waals surface area contributed by atoms with E-state index in [2.05, 4.69) is 5.10 Å². The molecule has 1 amide bonds. The van der Waals surface area contributed by atoms with Gasteiger partial charge < -0.3 is 4.90 Å². The van der Waals surface area contributed by atoms with E-state index >= 15 is 0 Å². The topological polar surface area (TPSA) is 38.1 Å². The third kappa shape index (κ3) is 2.63. The molecule has 0 saturated carbocycles. The Kier molecular flexibility index (Phi) is 3.60. The smallest absolute Gasteiger partial charge is 0.254 e. The zero-order valence-corrected chi connectivity index (χ0v) is 13.3. The molecule has 0 N–H and O–H groups in total. The van der Waals surface area contributed by atoms with Crippen molar-refractivity contribution in [2.75, 3.05) is 0 Å². The van der Waals surface area contributed by atoms with Gasteiger partial charge in [-0.05, 0) is 49.9 Å². The van der Waals surface area contributed by atoms with Gasteiger partial charge in [0.05, 0.1) is 6.04 Å². The van der Waals surface area contributed by atoms with Gasteiger partial charge in [0.1, 0.15) is 5.82 Å². The number of benzene rings is 1. The molecule has 2 aromatic rings. The van der Waals surface area contributed by atoms with Gasteiger partial charge in [-0.25, -0.2) is 4.39 Å². The average Bonchev–Trinajstić information content (AvgIpc) is 3.12. The number of rotatable bonds is 2. The Morgan fingerprint density at radius 3 is 2.52 bits per heavy atom. The SMILES string of the molecule is O=C(c1cc(F)cc(Cl)c1)N1C2CCC1CC(n1cccn1)C2. The first kappa shape index (κ1) is 14.7. The van der Waals surface area contributed by atoms with Gasteiger partial charge in [0.25, 0.3) is 5.91 Å². The molecular formula is C17H17ClFN3O. The van der Waals surface area contributed by atoms with Crippen molar-refractivity contribution in [3.63, 3.8) is 0 Å². The van der Waals surface area contributed by atoms with Gasteiger partial charge in [-0.3, -0.25) is 9.48 Å². The molecule has 0 spiro atoms. The Balaban J connectivity index is 1.58. The summed E-state index contributed by atoms with van der Waals surface area (Å²) in [5.74, 6) is -0.586. The van der Waals surface area contributed by atoms with Crippen LogP contribution in [0.2, 0.25) is 5.02 Å². The summed E-state index contributed by atoms with van der Waals surface area (Å²) >= 11 is 5.89. The van der Waals surface area contributed by atoms with Crippen LogP contribution in [0.15, 0.2) is 36.7 Å². The summed E-state index contributed by atoms with van der Waals surface area (Å²) in [5.41, 5.74) is 0.337. The van der Waals surface area contributed by atoms with E-state index in [1.165, 1.54) is 12.1 Å². The van der Waals surface area contributed by atoms with E-state index in [0.717, 1.165) is 25.7 Å². The molecule has 2 unspecified atom stereocenters. The van der Waals surface area contributed by atoms with E-state index in [4.69, 9.17) is 11.6 Å². The standard InChI is InChI=1S/C17H17ClFN3O/c18-12-6-11(7-13(19)8-12)17(23)22-14-2-3-15(22)10-16(9-14)21-5-1-4-20-21/h1,4-8,14-16H,2-3,9-10H2. The van der Waals surface area contributed by atoms with Gasteiger partial charge in [-0.15, -0.1) is 0 Å². The Bertz CT molecular complexity index is 699. The molecule has 2 atom stereocenters. The molecule has 0 aliphatic carbocycles. The number of hydrogen-bond acceptors (Lipinski definition) is 2. The number of amides is 1. The molecular weight excluding hydrogens is 317 g/mol. The summed E-state index contributed by atoms with van der Waals surface area (Å²) < 4.78 is 15.5. The van der Waals surface area contributed by atoms with Crippen molar-refractivity contribution in [2.45, 2.75) is 43.8 Å². The number of nitrogens with zero attached hydrogens (tertiary/aromatic N) is 3. The Hall–Kier alpha value is -1.88. The number of hydrogen-bond donors (Lipinski definition) is 0. The summed E-state index contributed by atoms with van der Waals surface area (Å²) in [5, 5.41) is 4.59. The lowest BCUT2D eigenvalue weighted by Crippen LogP contribution is -2.47. The fraction of sp³-hybridized carbons (Fsp3) is 0.412. The van der Waals surface area contributed by atoms with E-state index in [1.54, 1.807) is 12.3 Å². The van der Waals surface area contributed by atoms with Crippen molar-refractivity contribution < 1.29 is 9.18 Å². The van der Waals surface area contributed by atoms with Crippen LogP contribution in [0.1, 0.15) is 42.1 Å². The third-order valence-corrected chi connectivity index (χ3v) is 5.17. The fourth-order valence-electron chi connectivity index (χ4n) is 4.02. The van der Waals surface area contributed by atoms with Crippen LogP contribution in [0, 0.1) is 5.82 Å². The monoisotopic (exact) mass is 333 g/mol. The van der Waals surface area contributed by atoms with Crippen LogP contribution in [-0.4, -0.2) is 32.7 Å². The lowest BCUT2D eigenvalue weighted by atomic mass is 9.96. The first-order chi connectivity index (χ1) is 11.1. The Morgan fingerprint density at radius 2 is 1.91 bits per heavy atom. The molecule has 2 bridgehead atoms. The number of carbonyl (C=O) groups excluding carboxylic acids is 1. The zero-order chi connectivity index (χ0) is 16.0. The molecule has 4 nitrogen and oxygen atoms in total. The molecule has 23 heavy (non-hydrogen) atoms. The number of fused-ring (bicyclic) bond motifs is 2. The number of piperidine rings is 1. The highest BCUT2D eigenvalue weighted by atomic mass is 35.5. The highest BCUT2D eigenvalue weighted by Crippen LogP contribution is 2.41. The van der Waals surface area contributed by atoms with E-state index in [0.29, 0.717) is 11.6 Å². The van der Waals surface area contributed by atoms with Gasteiger partial charge in [0, 0.05) is 35.1 Å². The molecule has 2 saturated heterocycles. The van der Waals surface area contributed by atoms with Crippen LogP contribution in [0.4, 0.5) is 4.39 Å². The second-order valence-electron chi connectivity index (χ2n) is 6.37. The molecule has 3 heterocycles. The second kappa shape index (κ2) is 5.64. The molecule has 0 radical (unpaired) electrons. The molecule has 1 aromatic carbocycles. The van der Waals surface area contributed by atoms with E-state index < -0.39 is 5.82 Å². The average molecular weight is 334 g/mol. The first-order valence-electron chi connectivity index (χ1n) is 7.89. The molecule has 4 rings (SSSR count). The van der Waals surface area contributed by atoms with Gasteiger partial charge in [0.2, 0.25) is 0 Å². The summed E-state index contributed by atoms with van der Waals surface area (Å²) in [4.78, 5) is 14.8. The molecule has 1 aromatic heterocycles.